The summed E-state index contributed by atoms with van der Waals surface area (Å²) >= 11 is 5.97. The fourth-order valence-corrected chi connectivity index (χ4v) is 1.68. The molecule has 1 aromatic carbocycles. The van der Waals surface area contributed by atoms with Crippen LogP contribution >= 0.6 is 11.6 Å². The van der Waals surface area contributed by atoms with Gasteiger partial charge in [-0.15, -0.1) is 0 Å². The van der Waals surface area contributed by atoms with Gasteiger partial charge < -0.3 is 15.6 Å². The molecular formula is C11H16ClNO2. The summed E-state index contributed by atoms with van der Waals surface area (Å²) in [6, 6.07) is 5.50. The molecule has 3 N–H and O–H groups in total. The van der Waals surface area contributed by atoms with Crippen molar-refractivity contribution in [3.8, 4) is 5.75 Å². The second-order valence-electron chi connectivity index (χ2n) is 3.92. The minimum atomic E-state index is -0.655. The third-order valence-corrected chi connectivity index (χ3v) is 2.51. The highest BCUT2D eigenvalue weighted by Gasteiger charge is 2.20. The van der Waals surface area contributed by atoms with Gasteiger partial charge in [-0.1, -0.05) is 23.7 Å². The smallest absolute Gasteiger partial charge is 0.140 e. The van der Waals surface area contributed by atoms with E-state index in [1.165, 1.54) is 0 Å². The largest absolute Gasteiger partial charge is 0.495 e. The Morgan fingerprint density at radius 1 is 1.53 bits per heavy atom. The van der Waals surface area contributed by atoms with Crippen LogP contribution in [0.2, 0.25) is 5.02 Å². The maximum atomic E-state index is 9.09. The Balaban J connectivity index is 2.99. The third-order valence-electron chi connectivity index (χ3n) is 2.21. The molecule has 1 atom stereocenters. The number of aliphatic hydroxyl groups is 1. The second kappa shape index (κ2) is 4.84. The number of hydrogen-bond acceptors (Lipinski definition) is 3. The van der Waals surface area contributed by atoms with Crippen molar-refractivity contribution in [3.63, 3.8) is 0 Å². The summed E-state index contributed by atoms with van der Waals surface area (Å²) in [4.78, 5) is 0. The highest BCUT2D eigenvalue weighted by atomic mass is 35.5. The van der Waals surface area contributed by atoms with Crippen molar-refractivity contribution in [1.82, 2.24) is 0 Å². The van der Waals surface area contributed by atoms with Gasteiger partial charge in [0.2, 0.25) is 0 Å². The molecule has 1 rings (SSSR count). The summed E-state index contributed by atoms with van der Waals surface area (Å²) in [6.07, 6.45) is 0.521. The maximum Gasteiger partial charge on any atom is 0.140 e. The van der Waals surface area contributed by atoms with Crippen LogP contribution in [-0.2, 0) is 6.42 Å². The van der Waals surface area contributed by atoms with Gasteiger partial charge in [-0.05, 0) is 25.0 Å². The van der Waals surface area contributed by atoms with Crippen molar-refractivity contribution in [2.24, 2.45) is 5.73 Å². The molecule has 0 saturated carbocycles. The van der Waals surface area contributed by atoms with Crippen molar-refractivity contribution < 1.29 is 9.84 Å². The van der Waals surface area contributed by atoms with Crippen molar-refractivity contribution in [3.05, 3.63) is 28.8 Å². The van der Waals surface area contributed by atoms with Crippen LogP contribution < -0.4 is 10.5 Å². The zero-order valence-corrected chi connectivity index (χ0v) is 9.71. The molecule has 0 heterocycles. The van der Waals surface area contributed by atoms with E-state index in [-0.39, 0.29) is 6.61 Å². The standard InChI is InChI=1S/C11H16ClNO2/c1-11(13,7-14)6-8-4-3-5-9(12)10(8)15-2/h3-5,14H,6-7,13H2,1-2H3. The average molecular weight is 230 g/mol. The number of halogens is 1. The highest BCUT2D eigenvalue weighted by Crippen LogP contribution is 2.30. The molecule has 0 aromatic heterocycles. The van der Waals surface area contributed by atoms with E-state index in [0.717, 1.165) is 5.56 Å². The van der Waals surface area contributed by atoms with E-state index in [0.29, 0.717) is 17.2 Å². The van der Waals surface area contributed by atoms with Gasteiger partial charge in [0.05, 0.1) is 18.7 Å². The topological polar surface area (TPSA) is 55.5 Å². The molecule has 0 fully saturated rings. The van der Waals surface area contributed by atoms with Crippen LogP contribution in [0, 0.1) is 0 Å². The van der Waals surface area contributed by atoms with Gasteiger partial charge in [0, 0.05) is 5.54 Å². The van der Waals surface area contributed by atoms with Crippen molar-refractivity contribution in [1.29, 1.82) is 0 Å². The Morgan fingerprint density at radius 3 is 2.73 bits per heavy atom. The normalized spacial score (nSPS) is 14.7. The van der Waals surface area contributed by atoms with Gasteiger partial charge in [-0.3, -0.25) is 0 Å². The molecule has 84 valence electrons. The Kier molecular flexibility index (Phi) is 3.97. The SMILES string of the molecule is COc1c(Cl)cccc1CC(C)(N)CO. The average Bonchev–Trinajstić information content (AvgIpc) is 2.18. The summed E-state index contributed by atoms with van der Waals surface area (Å²) in [5.74, 6) is 0.629. The van der Waals surface area contributed by atoms with Crippen molar-refractivity contribution in [2.75, 3.05) is 13.7 Å². The number of para-hydroxylation sites is 1. The van der Waals surface area contributed by atoms with Crippen LogP contribution in [0.15, 0.2) is 18.2 Å². The Morgan fingerprint density at radius 2 is 2.20 bits per heavy atom. The molecule has 0 aliphatic carbocycles. The lowest BCUT2D eigenvalue weighted by Crippen LogP contribution is -2.42. The van der Waals surface area contributed by atoms with Gasteiger partial charge >= 0.3 is 0 Å². The third kappa shape index (κ3) is 3.09. The van der Waals surface area contributed by atoms with E-state index in [2.05, 4.69) is 0 Å². The number of aliphatic hydroxyl groups excluding tert-OH is 1. The first-order chi connectivity index (χ1) is 7.00. The summed E-state index contributed by atoms with van der Waals surface area (Å²) in [5.41, 5.74) is 6.12. The fourth-order valence-electron chi connectivity index (χ4n) is 1.41. The molecule has 0 radical (unpaired) electrons. The number of rotatable bonds is 4. The van der Waals surface area contributed by atoms with Crippen LogP contribution in [-0.4, -0.2) is 24.4 Å². The molecule has 1 unspecified atom stereocenters. The quantitative estimate of drug-likeness (QED) is 0.825. The van der Waals surface area contributed by atoms with Gasteiger partial charge in [0.25, 0.3) is 0 Å². The zero-order chi connectivity index (χ0) is 11.5. The van der Waals surface area contributed by atoms with Crippen molar-refractivity contribution in [2.45, 2.75) is 18.9 Å². The molecule has 1 aromatic rings. The lowest BCUT2D eigenvalue weighted by atomic mass is 9.94. The molecule has 0 bridgehead atoms. The second-order valence-corrected chi connectivity index (χ2v) is 4.33. The van der Waals surface area contributed by atoms with Gasteiger partial charge in [0.1, 0.15) is 5.75 Å². The van der Waals surface area contributed by atoms with E-state index in [4.69, 9.17) is 27.2 Å². The molecule has 15 heavy (non-hydrogen) atoms. The molecule has 3 nitrogen and oxygen atoms in total. The number of ether oxygens (including phenoxy) is 1. The lowest BCUT2D eigenvalue weighted by molar-refractivity contribution is 0.207. The van der Waals surface area contributed by atoms with Gasteiger partial charge in [-0.25, -0.2) is 0 Å². The molecular weight excluding hydrogens is 214 g/mol. The van der Waals surface area contributed by atoms with Crippen LogP contribution in [0.5, 0.6) is 5.75 Å². The number of nitrogens with two attached hydrogens (primary N) is 1. The van der Waals surface area contributed by atoms with Crippen LogP contribution in [0.4, 0.5) is 0 Å². The molecule has 0 aliphatic rings. The Hall–Kier alpha value is -0.770. The van der Waals surface area contributed by atoms with Gasteiger partial charge in [-0.2, -0.15) is 0 Å². The van der Waals surface area contributed by atoms with E-state index in [1.54, 1.807) is 20.1 Å². The number of hydrogen-bond donors (Lipinski definition) is 2. The van der Waals surface area contributed by atoms with Crippen LogP contribution in [0.1, 0.15) is 12.5 Å². The lowest BCUT2D eigenvalue weighted by Gasteiger charge is -2.23. The first-order valence-electron chi connectivity index (χ1n) is 4.71. The predicted molar refractivity (Wildman–Crippen MR) is 61.4 cm³/mol. The molecule has 0 aliphatic heterocycles. The first kappa shape index (κ1) is 12.3. The minimum absolute atomic E-state index is 0.0807. The molecule has 0 amide bonds. The highest BCUT2D eigenvalue weighted by molar-refractivity contribution is 6.32. The minimum Gasteiger partial charge on any atom is -0.495 e. The summed E-state index contributed by atoms with van der Waals surface area (Å²) in [5, 5.41) is 9.65. The molecule has 4 heteroatoms. The van der Waals surface area contributed by atoms with E-state index in [9.17, 15) is 0 Å². The van der Waals surface area contributed by atoms with E-state index >= 15 is 0 Å². The maximum absolute atomic E-state index is 9.09. The van der Waals surface area contributed by atoms with Crippen molar-refractivity contribution >= 4 is 11.6 Å². The summed E-state index contributed by atoms with van der Waals surface area (Å²) in [6.45, 7) is 1.70. The molecule has 0 saturated heterocycles. The van der Waals surface area contributed by atoms with Gasteiger partial charge in [0.15, 0.2) is 0 Å². The Bertz CT molecular complexity index is 339. The molecule has 0 spiro atoms. The van der Waals surface area contributed by atoms with Crippen LogP contribution in [0.25, 0.3) is 0 Å². The van der Waals surface area contributed by atoms with E-state index in [1.807, 2.05) is 12.1 Å². The first-order valence-corrected chi connectivity index (χ1v) is 5.09. The summed E-state index contributed by atoms with van der Waals surface area (Å²) in [7, 11) is 1.57. The summed E-state index contributed by atoms with van der Waals surface area (Å²) < 4.78 is 5.20. The number of benzene rings is 1. The number of methoxy groups -OCH3 is 1. The zero-order valence-electron chi connectivity index (χ0n) is 8.96. The monoisotopic (exact) mass is 229 g/mol. The van der Waals surface area contributed by atoms with E-state index < -0.39 is 5.54 Å². The van der Waals surface area contributed by atoms with Crippen LogP contribution in [0.3, 0.4) is 0 Å². The fraction of sp³-hybridized carbons (Fsp3) is 0.455. The Labute approximate surface area is 94.8 Å². The predicted octanol–water partition coefficient (Wildman–Crippen LogP) is 1.60.